The fraction of sp³-hybridized carbons (Fsp3) is 0.333. The molecule has 1 aliphatic heterocycles. The highest BCUT2D eigenvalue weighted by Crippen LogP contribution is 2.37. The number of quaternary nitrogens is 1. The van der Waals surface area contributed by atoms with Gasteiger partial charge in [-0.2, -0.15) is 13.1 Å². The Balaban J connectivity index is 1.43. The summed E-state index contributed by atoms with van der Waals surface area (Å²) < 4.78 is 39.0. The highest BCUT2D eigenvalue weighted by molar-refractivity contribution is 7.85. The van der Waals surface area contributed by atoms with Gasteiger partial charge in [0.2, 0.25) is 0 Å². The number of aryl methyl sites for hydroxylation is 1. The van der Waals surface area contributed by atoms with Crippen molar-refractivity contribution >= 4 is 33.3 Å². The molecule has 2 aliphatic rings. The van der Waals surface area contributed by atoms with Crippen molar-refractivity contribution in [1.82, 2.24) is 4.98 Å². The van der Waals surface area contributed by atoms with Gasteiger partial charge in [-0.05, 0) is 60.4 Å². The number of sulfonamides is 1. The van der Waals surface area contributed by atoms with Crippen molar-refractivity contribution in [2.75, 3.05) is 20.3 Å². The van der Waals surface area contributed by atoms with Gasteiger partial charge < -0.3 is 9.47 Å². The van der Waals surface area contributed by atoms with E-state index in [0.717, 1.165) is 50.5 Å². The van der Waals surface area contributed by atoms with Gasteiger partial charge in [0.1, 0.15) is 11.7 Å². The molecule has 39 heavy (non-hydrogen) atoms. The number of primary amides is 1. The Morgan fingerprint density at radius 3 is 2.69 bits per heavy atom. The summed E-state index contributed by atoms with van der Waals surface area (Å²) >= 11 is 1.58. The number of benzene rings is 2. The van der Waals surface area contributed by atoms with Crippen molar-refractivity contribution in [1.29, 1.82) is 0 Å². The van der Waals surface area contributed by atoms with E-state index in [0.29, 0.717) is 25.2 Å². The van der Waals surface area contributed by atoms with Crippen LogP contribution in [0, 0.1) is 12.8 Å². The predicted octanol–water partition coefficient (Wildman–Crippen LogP) is 4.42. The first kappa shape index (κ1) is 27.5. The zero-order valence-electron chi connectivity index (χ0n) is 22.4. The molecule has 2 heterocycles. The van der Waals surface area contributed by atoms with Crippen molar-refractivity contribution in [3.05, 3.63) is 81.7 Å². The molecule has 2 N–H and O–H groups in total. The normalized spacial score (nSPS) is 18.8. The predicted molar refractivity (Wildman–Crippen MR) is 152 cm³/mol. The van der Waals surface area contributed by atoms with Gasteiger partial charge in [0.05, 0.1) is 17.8 Å². The van der Waals surface area contributed by atoms with Crippen LogP contribution in [0.2, 0.25) is 0 Å². The first-order valence-corrected chi connectivity index (χ1v) is 15.3. The van der Waals surface area contributed by atoms with Crippen LogP contribution in [0.25, 0.3) is 17.3 Å². The number of nitrogens with two attached hydrogens (primary N) is 1. The third-order valence-electron chi connectivity index (χ3n) is 7.75. The van der Waals surface area contributed by atoms with E-state index in [1.807, 2.05) is 42.6 Å². The lowest BCUT2D eigenvalue weighted by Gasteiger charge is -2.34. The molecule has 1 unspecified atom stereocenters. The minimum absolute atomic E-state index is 0.00347. The zero-order valence-corrected chi connectivity index (χ0v) is 24.0. The maximum Gasteiger partial charge on any atom is 0.336 e. The Bertz CT molecular complexity index is 1570. The van der Waals surface area contributed by atoms with E-state index < -0.39 is 21.8 Å². The number of hydrogen-bond donors (Lipinski definition) is 1. The van der Waals surface area contributed by atoms with Crippen molar-refractivity contribution in [2.24, 2.45) is 5.92 Å². The third-order valence-corrected chi connectivity index (χ3v) is 9.99. The standard InChI is InChI=1S/C30H32N2O5S2/c1-19-16-21-6-5-7-25(26-18-38-20(2)31-26)24(21)10-9-23(19)29(33)32-39(34,35)28-17-22(8-11-27(28)36-4)30(3)12-14-37-15-13-30/h5-11,17-18,23H,1,12-16H2,2-4H3,(H,32,33)/p+1. The van der Waals surface area contributed by atoms with E-state index >= 15 is 0 Å². The van der Waals surface area contributed by atoms with E-state index in [2.05, 4.69) is 18.5 Å². The topological polar surface area (TPSA) is 99.2 Å². The van der Waals surface area contributed by atoms with Gasteiger partial charge in [-0.25, -0.2) is 9.78 Å². The number of nitrogens with zero attached hydrogens (tertiary/aromatic N) is 1. The number of aromatic nitrogens is 1. The first-order chi connectivity index (χ1) is 18.6. The van der Waals surface area contributed by atoms with Crippen LogP contribution in [-0.4, -0.2) is 39.6 Å². The molecular formula is C30H33N2O5S2+. The van der Waals surface area contributed by atoms with E-state index in [9.17, 15) is 13.2 Å². The number of fused-ring (bicyclic) bond motifs is 1. The van der Waals surface area contributed by atoms with E-state index in [4.69, 9.17) is 9.47 Å². The quantitative estimate of drug-likeness (QED) is 0.445. The van der Waals surface area contributed by atoms with Crippen LogP contribution in [0.4, 0.5) is 0 Å². The fourth-order valence-electron chi connectivity index (χ4n) is 5.33. The van der Waals surface area contributed by atoms with Crippen LogP contribution in [0.1, 0.15) is 41.5 Å². The van der Waals surface area contributed by atoms with Gasteiger partial charge in [0.15, 0.2) is 4.90 Å². The van der Waals surface area contributed by atoms with Crippen molar-refractivity contribution < 1.29 is 27.4 Å². The molecule has 1 saturated heterocycles. The van der Waals surface area contributed by atoms with Gasteiger partial charge in [0.25, 0.3) is 0 Å². The van der Waals surface area contributed by atoms with Crippen LogP contribution in [0.5, 0.6) is 5.75 Å². The molecule has 5 rings (SSSR count). The van der Waals surface area contributed by atoms with Crippen LogP contribution in [0.15, 0.2) is 64.9 Å². The Hall–Kier alpha value is -3.11. The Labute approximate surface area is 233 Å². The number of primary sulfonamides is 1. The second kappa shape index (κ2) is 10.8. The van der Waals surface area contributed by atoms with E-state index in [-0.39, 0.29) is 16.1 Å². The summed E-state index contributed by atoms with van der Waals surface area (Å²) in [6.45, 7) is 9.49. The molecule has 3 aromatic rings. The SMILES string of the molecule is C=C1Cc2cccc(-c3csc(C)n3)c2C=CC1C(=O)[NH2+]S(=O)(=O)c1cc(C2(C)CCOCC2)ccc1OC. The average molecular weight is 566 g/mol. The van der Waals surface area contributed by atoms with Crippen molar-refractivity contribution in [2.45, 2.75) is 43.4 Å². The second-order valence-corrected chi connectivity index (χ2v) is 13.2. The van der Waals surface area contributed by atoms with Gasteiger partial charge in [-0.15, -0.1) is 11.3 Å². The molecule has 204 valence electrons. The molecule has 1 fully saturated rings. The summed E-state index contributed by atoms with van der Waals surface area (Å²) in [5.41, 5.74) is 5.19. The zero-order chi connectivity index (χ0) is 27.8. The molecule has 1 amide bonds. The number of rotatable bonds is 6. The number of hydrogen-bond acceptors (Lipinski definition) is 7. The van der Waals surface area contributed by atoms with Crippen LogP contribution < -0.4 is 9.46 Å². The molecule has 2 aromatic carbocycles. The Morgan fingerprint density at radius 1 is 1.23 bits per heavy atom. The van der Waals surface area contributed by atoms with Crippen LogP contribution in [-0.2, 0) is 31.4 Å². The third kappa shape index (κ3) is 5.49. The van der Waals surface area contributed by atoms with E-state index in [1.54, 1.807) is 29.5 Å². The van der Waals surface area contributed by atoms with Crippen LogP contribution in [0.3, 0.4) is 0 Å². The number of amides is 1. The maximum absolute atomic E-state index is 13.6. The highest BCUT2D eigenvalue weighted by Gasteiger charge is 2.36. The molecule has 0 saturated carbocycles. The lowest BCUT2D eigenvalue weighted by molar-refractivity contribution is -0.415. The molecule has 7 nitrogen and oxygen atoms in total. The van der Waals surface area contributed by atoms with Crippen molar-refractivity contribution in [3.8, 4) is 17.0 Å². The average Bonchev–Trinajstić information content (AvgIpc) is 3.26. The molecule has 1 atom stereocenters. The molecular weight excluding hydrogens is 532 g/mol. The molecule has 0 bridgehead atoms. The molecule has 0 spiro atoms. The molecule has 1 aromatic heterocycles. The smallest absolute Gasteiger partial charge is 0.336 e. The summed E-state index contributed by atoms with van der Waals surface area (Å²) in [5.74, 6) is -1.08. The summed E-state index contributed by atoms with van der Waals surface area (Å²) in [7, 11) is -2.67. The van der Waals surface area contributed by atoms with Gasteiger partial charge in [-0.1, -0.05) is 55.5 Å². The molecule has 9 heteroatoms. The fourth-order valence-corrected chi connectivity index (χ4v) is 7.24. The lowest BCUT2D eigenvalue weighted by Crippen LogP contribution is -2.92. The molecule has 1 aliphatic carbocycles. The lowest BCUT2D eigenvalue weighted by atomic mass is 9.76. The number of ether oxygens (including phenoxy) is 2. The minimum atomic E-state index is -4.11. The number of carbonyl (C=O) groups is 1. The van der Waals surface area contributed by atoms with Gasteiger partial charge in [0, 0.05) is 24.2 Å². The minimum Gasteiger partial charge on any atom is -0.495 e. The second-order valence-electron chi connectivity index (χ2n) is 10.4. The van der Waals surface area contributed by atoms with E-state index in [1.165, 1.54) is 7.11 Å². The number of methoxy groups -OCH3 is 1. The Kier molecular flexibility index (Phi) is 7.61. The summed E-state index contributed by atoms with van der Waals surface area (Å²) in [6, 6.07) is 11.2. The maximum atomic E-state index is 13.6. The number of carbonyl (C=O) groups excluding carboxylic acids is 1. The summed E-state index contributed by atoms with van der Waals surface area (Å²) in [4.78, 5) is 18.1. The monoisotopic (exact) mass is 565 g/mol. The largest absolute Gasteiger partial charge is 0.495 e. The van der Waals surface area contributed by atoms with Gasteiger partial charge >= 0.3 is 15.9 Å². The van der Waals surface area contributed by atoms with Crippen LogP contribution >= 0.6 is 11.3 Å². The Morgan fingerprint density at radius 2 is 2.00 bits per heavy atom. The number of thiazole rings is 1. The van der Waals surface area contributed by atoms with Gasteiger partial charge in [-0.3, -0.25) is 0 Å². The summed E-state index contributed by atoms with van der Waals surface area (Å²) in [5, 5.41) is 2.99. The molecule has 0 radical (unpaired) electrons. The summed E-state index contributed by atoms with van der Waals surface area (Å²) in [6.07, 6.45) is 5.69. The first-order valence-electron chi connectivity index (χ1n) is 12.9. The van der Waals surface area contributed by atoms with Crippen molar-refractivity contribution in [3.63, 3.8) is 0 Å². The highest BCUT2D eigenvalue weighted by atomic mass is 32.2.